The molecule has 0 unspecified atom stereocenters. The Bertz CT molecular complexity index is 635. The zero-order valence-electron chi connectivity index (χ0n) is 14.0. The molecule has 0 spiro atoms. The van der Waals surface area contributed by atoms with Gasteiger partial charge >= 0.3 is 0 Å². The Morgan fingerprint density at radius 1 is 1.29 bits per heavy atom. The molecule has 1 aliphatic heterocycles. The van der Waals surface area contributed by atoms with Crippen LogP contribution in [-0.4, -0.2) is 47.7 Å². The van der Waals surface area contributed by atoms with Gasteiger partial charge in [0.05, 0.1) is 17.5 Å². The number of benzene rings is 1. The minimum atomic E-state index is 0. The molecule has 0 aliphatic carbocycles. The van der Waals surface area contributed by atoms with Crippen molar-refractivity contribution in [1.82, 2.24) is 20.4 Å². The Morgan fingerprint density at radius 3 is 2.67 bits per heavy atom. The highest BCUT2D eigenvalue weighted by Gasteiger charge is 2.26. The molecule has 2 N–H and O–H groups in total. The van der Waals surface area contributed by atoms with E-state index in [9.17, 15) is 4.79 Å². The zero-order chi connectivity index (χ0) is 16.1. The molecule has 0 saturated carbocycles. The summed E-state index contributed by atoms with van der Waals surface area (Å²) in [5.74, 6) is 0.814. The first kappa shape index (κ1) is 18.5. The molecule has 1 aromatic heterocycles. The lowest BCUT2D eigenvalue weighted by Crippen LogP contribution is -2.39. The summed E-state index contributed by atoms with van der Waals surface area (Å²) in [6.07, 6.45) is 5.02. The SMILES string of the molecule is CNCCC1CCN(C(=O)c2cn[nH]c2-c2ccccc2)CC1.Cl. The summed E-state index contributed by atoms with van der Waals surface area (Å²) in [5, 5.41) is 10.3. The number of piperidine rings is 1. The first-order chi connectivity index (χ1) is 11.3. The Labute approximate surface area is 149 Å². The number of carbonyl (C=O) groups excluding carboxylic acids is 1. The van der Waals surface area contributed by atoms with Crippen LogP contribution in [0.3, 0.4) is 0 Å². The topological polar surface area (TPSA) is 61.0 Å². The lowest BCUT2D eigenvalue weighted by atomic mass is 9.93. The lowest BCUT2D eigenvalue weighted by Gasteiger charge is -2.32. The molecule has 0 atom stereocenters. The fourth-order valence-corrected chi connectivity index (χ4v) is 3.22. The van der Waals surface area contributed by atoms with Crippen LogP contribution >= 0.6 is 12.4 Å². The zero-order valence-corrected chi connectivity index (χ0v) is 14.8. The number of aromatic amines is 1. The van der Waals surface area contributed by atoms with Crippen molar-refractivity contribution in [2.45, 2.75) is 19.3 Å². The van der Waals surface area contributed by atoms with E-state index in [-0.39, 0.29) is 18.3 Å². The van der Waals surface area contributed by atoms with E-state index in [1.54, 1.807) is 6.20 Å². The van der Waals surface area contributed by atoms with Crippen LogP contribution in [0.2, 0.25) is 0 Å². The number of carbonyl (C=O) groups is 1. The second kappa shape index (κ2) is 8.85. The van der Waals surface area contributed by atoms with Crippen molar-refractivity contribution < 1.29 is 4.79 Å². The van der Waals surface area contributed by atoms with Crippen LogP contribution < -0.4 is 5.32 Å². The summed E-state index contributed by atoms with van der Waals surface area (Å²) in [7, 11) is 1.99. The molecule has 24 heavy (non-hydrogen) atoms. The minimum Gasteiger partial charge on any atom is -0.339 e. The molecule has 2 heterocycles. The number of halogens is 1. The molecule has 1 saturated heterocycles. The lowest BCUT2D eigenvalue weighted by molar-refractivity contribution is 0.0688. The van der Waals surface area contributed by atoms with Gasteiger partial charge < -0.3 is 10.2 Å². The third kappa shape index (κ3) is 4.16. The van der Waals surface area contributed by atoms with Crippen LogP contribution in [0.25, 0.3) is 11.3 Å². The number of aromatic nitrogens is 2. The van der Waals surface area contributed by atoms with Gasteiger partial charge in [-0.05, 0) is 38.8 Å². The van der Waals surface area contributed by atoms with Crippen molar-refractivity contribution >= 4 is 18.3 Å². The van der Waals surface area contributed by atoms with Crippen LogP contribution in [0.4, 0.5) is 0 Å². The van der Waals surface area contributed by atoms with E-state index >= 15 is 0 Å². The van der Waals surface area contributed by atoms with E-state index < -0.39 is 0 Å². The van der Waals surface area contributed by atoms with Gasteiger partial charge in [0.2, 0.25) is 0 Å². The minimum absolute atomic E-state index is 0. The molecular formula is C18H25ClN4O. The third-order valence-corrected chi connectivity index (χ3v) is 4.64. The number of nitrogens with zero attached hydrogens (tertiary/aromatic N) is 2. The van der Waals surface area contributed by atoms with Crippen molar-refractivity contribution in [1.29, 1.82) is 0 Å². The number of amides is 1. The molecule has 1 fully saturated rings. The fourth-order valence-electron chi connectivity index (χ4n) is 3.22. The average molecular weight is 349 g/mol. The highest BCUT2D eigenvalue weighted by atomic mass is 35.5. The molecule has 1 aromatic carbocycles. The second-order valence-corrected chi connectivity index (χ2v) is 6.15. The summed E-state index contributed by atoms with van der Waals surface area (Å²) in [4.78, 5) is 14.8. The van der Waals surface area contributed by atoms with Gasteiger partial charge in [0, 0.05) is 18.7 Å². The van der Waals surface area contributed by atoms with Crippen LogP contribution in [0, 0.1) is 5.92 Å². The first-order valence-electron chi connectivity index (χ1n) is 8.32. The number of likely N-dealkylation sites (tertiary alicyclic amines) is 1. The Balaban J connectivity index is 0.00000208. The summed E-state index contributed by atoms with van der Waals surface area (Å²) in [6.45, 7) is 2.73. The van der Waals surface area contributed by atoms with Crippen molar-refractivity contribution in [3.63, 3.8) is 0 Å². The maximum absolute atomic E-state index is 12.8. The maximum Gasteiger partial charge on any atom is 0.257 e. The monoisotopic (exact) mass is 348 g/mol. The number of rotatable bonds is 5. The predicted octanol–water partition coefficient (Wildman–Crippen LogP) is 2.96. The molecule has 1 aliphatic rings. The van der Waals surface area contributed by atoms with E-state index in [0.717, 1.165) is 49.7 Å². The number of H-pyrrole nitrogens is 1. The number of hydrogen-bond acceptors (Lipinski definition) is 3. The number of hydrogen-bond donors (Lipinski definition) is 2. The average Bonchev–Trinajstić information content (AvgIpc) is 3.10. The molecule has 5 nitrogen and oxygen atoms in total. The van der Waals surface area contributed by atoms with E-state index in [1.807, 2.05) is 42.3 Å². The molecule has 130 valence electrons. The van der Waals surface area contributed by atoms with Gasteiger partial charge in [-0.15, -0.1) is 12.4 Å². The van der Waals surface area contributed by atoms with Crippen molar-refractivity contribution in [3.8, 4) is 11.3 Å². The van der Waals surface area contributed by atoms with Gasteiger partial charge in [0.1, 0.15) is 0 Å². The third-order valence-electron chi connectivity index (χ3n) is 4.64. The molecule has 0 bridgehead atoms. The molecule has 0 radical (unpaired) electrons. The molecular weight excluding hydrogens is 324 g/mol. The van der Waals surface area contributed by atoms with Crippen molar-refractivity contribution in [2.75, 3.05) is 26.7 Å². The Morgan fingerprint density at radius 2 is 2.00 bits per heavy atom. The van der Waals surface area contributed by atoms with E-state index in [4.69, 9.17) is 0 Å². The summed E-state index contributed by atoms with van der Waals surface area (Å²) < 4.78 is 0. The molecule has 2 aromatic rings. The van der Waals surface area contributed by atoms with E-state index in [1.165, 1.54) is 6.42 Å². The van der Waals surface area contributed by atoms with Gasteiger partial charge in [-0.1, -0.05) is 30.3 Å². The van der Waals surface area contributed by atoms with Crippen LogP contribution in [0.1, 0.15) is 29.6 Å². The summed E-state index contributed by atoms with van der Waals surface area (Å²) in [5.41, 5.74) is 2.48. The maximum atomic E-state index is 12.8. The summed E-state index contributed by atoms with van der Waals surface area (Å²) >= 11 is 0. The van der Waals surface area contributed by atoms with E-state index in [0.29, 0.717) is 5.56 Å². The van der Waals surface area contributed by atoms with Crippen molar-refractivity contribution in [3.05, 3.63) is 42.1 Å². The van der Waals surface area contributed by atoms with Gasteiger partial charge in [-0.2, -0.15) is 5.10 Å². The number of nitrogens with one attached hydrogen (secondary N) is 2. The van der Waals surface area contributed by atoms with Crippen LogP contribution in [-0.2, 0) is 0 Å². The van der Waals surface area contributed by atoms with Crippen LogP contribution in [0.15, 0.2) is 36.5 Å². The Kier molecular flexibility index (Phi) is 6.82. The quantitative estimate of drug-likeness (QED) is 0.873. The highest BCUT2D eigenvalue weighted by molar-refractivity contribution is 5.99. The first-order valence-corrected chi connectivity index (χ1v) is 8.32. The molecule has 3 rings (SSSR count). The van der Waals surface area contributed by atoms with Crippen LogP contribution in [0.5, 0.6) is 0 Å². The standard InChI is InChI=1S/C18H24N4O.ClH/c1-19-10-7-14-8-11-22(12-9-14)18(23)16-13-20-21-17(16)15-5-3-2-4-6-15;/h2-6,13-14,19H,7-12H2,1H3,(H,20,21);1H. The summed E-state index contributed by atoms with van der Waals surface area (Å²) in [6, 6.07) is 9.90. The largest absolute Gasteiger partial charge is 0.339 e. The molecule has 1 amide bonds. The molecule has 6 heteroatoms. The predicted molar refractivity (Wildman–Crippen MR) is 98.4 cm³/mol. The van der Waals surface area contributed by atoms with Gasteiger partial charge in [0.15, 0.2) is 0 Å². The van der Waals surface area contributed by atoms with Gasteiger partial charge in [-0.3, -0.25) is 9.89 Å². The normalized spacial score (nSPS) is 15.1. The Hall–Kier alpha value is -1.85. The fraction of sp³-hybridized carbons (Fsp3) is 0.444. The highest BCUT2D eigenvalue weighted by Crippen LogP contribution is 2.25. The van der Waals surface area contributed by atoms with Gasteiger partial charge in [0.25, 0.3) is 5.91 Å². The second-order valence-electron chi connectivity index (χ2n) is 6.15. The van der Waals surface area contributed by atoms with E-state index in [2.05, 4.69) is 15.5 Å². The smallest absolute Gasteiger partial charge is 0.257 e. The van der Waals surface area contributed by atoms with Crippen molar-refractivity contribution in [2.24, 2.45) is 5.92 Å². The van der Waals surface area contributed by atoms with Gasteiger partial charge in [-0.25, -0.2) is 0 Å².